The fourth-order valence-electron chi connectivity index (χ4n) is 10.3. The van der Waals surface area contributed by atoms with Crippen molar-refractivity contribution in [2.45, 2.75) is 0 Å². The molecule has 0 unspecified atom stereocenters. The van der Waals surface area contributed by atoms with E-state index in [1.807, 2.05) is 0 Å². The summed E-state index contributed by atoms with van der Waals surface area (Å²) in [5.74, 6) is 0.752. The van der Waals surface area contributed by atoms with Crippen molar-refractivity contribution in [2.75, 3.05) is 0 Å². The molecule has 0 spiro atoms. The van der Waals surface area contributed by atoms with E-state index < -0.39 is 16.1 Å². The fraction of sp³-hybridized carbons (Fsp3) is 0. The minimum atomic E-state index is -3.15. The molecule has 302 valence electrons. The van der Waals surface area contributed by atoms with Crippen LogP contribution in [-0.4, -0.2) is 30.7 Å². The van der Waals surface area contributed by atoms with Gasteiger partial charge in [-0.3, -0.25) is 9.55 Å². The molecule has 0 aliphatic carbocycles. The summed E-state index contributed by atoms with van der Waals surface area (Å²) in [6.07, 6.45) is 0. The van der Waals surface area contributed by atoms with Crippen molar-refractivity contribution in [1.29, 1.82) is 0 Å². The van der Waals surface area contributed by atoms with Crippen molar-refractivity contribution < 1.29 is 4.42 Å². The minimum absolute atomic E-state index is 0.707. The van der Waals surface area contributed by atoms with Crippen LogP contribution in [0.2, 0.25) is 0 Å². The van der Waals surface area contributed by atoms with Crippen molar-refractivity contribution >= 4 is 102 Å². The summed E-state index contributed by atoms with van der Waals surface area (Å²) in [7, 11) is -6.14. The lowest BCUT2D eigenvalue weighted by Gasteiger charge is -2.33. The highest BCUT2D eigenvalue weighted by molar-refractivity contribution is 7.20. The molecular weight excluding hydrogens is 811 g/mol. The summed E-state index contributed by atoms with van der Waals surface area (Å²) in [4.78, 5) is 11.9. The summed E-state index contributed by atoms with van der Waals surface area (Å²) < 4.78 is 9.48. The number of para-hydroxylation sites is 2. The number of hydrogen-bond acceptors (Lipinski definition) is 3. The average Bonchev–Trinajstić information content (AvgIpc) is 3.92. The number of aromatic nitrogens is 3. The van der Waals surface area contributed by atoms with Gasteiger partial charge >= 0.3 is 0 Å². The van der Waals surface area contributed by atoms with Crippen LogP contribution in [0.5, 0.6) is 0 Å². The first-order valence-electron chi connectivity index (χ1n) is 21.8. The van der Waals surface area contributed by atoms with Gasteiger partial charge in [-0.2, -0.15) is 0 Å². The molecule has 0 aliphatic heterocycles. The number of hydrogen-bond donors (Lipinski definition) is 0. The van der Waals surface area contributed by atoms with Crippen LogP contribution in [0.3, 0.4) is 0 Å². The summed E-state index contributed by atoms with van der Waals surface area (Å²) in [5, 5.41) is 12.9. The number of furan rings is 1. The molecule has 0 atom stereocenters. The second-order valence-electron chi connectivity index (χ2n) is 16.4. The highest BCUT2D eigenvalue weighted by Crippen LogP contribution is 2.36. The Morgan fingerprint density at radius 3 is 1.09 bits per heavy atom. The summed E-state index contributed by atoms with van der Waals surface area (Å²) in [6.45, 7) is 0. The van der Waals surface area contributed by atoms with Crippen molar-refractivity contribution in [1.82, 2.24) is 14.5 Å². The van der Waals surface area contributed by atoms with Crippen molar-refractivity contribution in [3.8, 4) is 5.82 Å². The molecule has 0 saturated carbocycles. The van der Waals surface area contributed by atoms with E-state index in [4.69, 9.17) is 14.4 Å². The molecule has 4 heterocycles. The second kappa shape index (κ2) is 15.5. The molecule has 12 aromatic rings. The Kier molecular flexibility index (Phi) is 9.14. The Labute approximate surface area is 373 Å². The largest absolute Gasteiger partial charge is 0.450 e. The average molecular weight is 852 g/mol. The van der Waals surface area contributed by atoms with E-state index in [-0.39, 0.29) is 0 Å². The Morgan fingerprint density at radius 2 is 0.688 bits per heavy atom. The highest BCUT2D eigenvalue weighted by atomic mass is 28.3. The summed E-state index contributed by atoms with van der Waals surface area (Å²) in [5.41, 5.74) is 4.40. The molecule has 0 amide bonds. The standard InChI is InChI=1S/C58H41N3OSi2/c1-7-23-42(24-8-1)63(43-25-9-2-10-26-43,44-27-11-3-12-28-44)54-40-39-53-56(59-54)50-41-55(60-58(57(50)62-53)61-51-37-21-19-35-48(51)49-36-20-22-38-52(49)61)64(45-29-13-4-14-30-45,46-31-15-5-16-32-46)47-33-17-6-18-34-47/h1-41H. The smallest absolute Gasteiger partial charge is 0.202 e. The van der Waals surface area contributed by atoms with E-state index in [1.54, 1.807) is 0 Å². The molecule has 0 N–H and O–H groups in total. The fourth-order valence-corrected chi connectivity index (χ4v) is 19.5. The molecule has 8 aromatic carbocycles. The number of nitrogens with zero attached hydrogens (tertiary/aromatic N) is 3. The quantitative estimate of drug-likeness (QED) is 0.109. The van der Waals surface area contributed by atoms with Gasteiger partial charge in [0.1, 0.15) is 5.52 Å². The molecule has 4 aromatic heterocycles. The summed E-state index contributed by atoms with van der Waals surface area (Å²) in [6, 6.07) is 90.0. The van der Waals surface area contributed by atoms with Gasteiger partial charge in [-0.05, 0) is 61.5 Å². The molecule has 4 nitrogen and oxygen atoms in total. The maximum atomic E-state index is 7.16. The monoisotopic (exact) mass is 851 g/mol. The number of rotatable bonds is 9. The second-order valence-corrected chi connectivity index (χ2v) is 23.9. The van der Waals surface area contributed by atoms with Crippen LogP contribution in [0.15, 0.2) is 253 Å². The van der Waals surface area contributed by atoms with Crippen LogP contribution in [0.1, 0.15) is 0 Å². The maximum absolute atomic E-state index is 7.16. The molecule has 64 heavy (non-hydrogen) atoms. The van der Waals surface area contributed by atoms with Crippen LogP contribution in [0, 0.1) is 0 Å². The minimum Gasteiger partial charge on any atom is -0.450 e. The zero-order valence-corrected chi connectivity index (χ0v) is 36.9. The SMILES string of the molecule is c1ccc([Si](c2ccccc2)(c2ccccc2)c2cc3c(oc4ccc([Si](c5ccccc5)(c5ccccc5)c5ccccc5)nc43)c(-n3c4ccccc4c4ccccc43)n2)cc1. The predicted molar refractivity (Wildman–Crippen MR) is 271 cm³/mol. The Morgan fingerprint density at radius 1 is 0.328 bits per heavy atom. The zero-order chi connectivity index (χ0) is 42.5. The van der Waals surface area contributed by atoms with Crippen molar-refractivity contribution in [2.24, 2.45) is 0 Å². The van der Waals surface area contributed by atoms with Gasteiger partial charge in [-0.25, -0.2) is 4.98 Å². The van der Waals surface area contributed by atoms with E-state index in [1.165, 1.54) is 31.1 Å². The third-order valence-electron chi connectivity index (χ3n) is 13.1. The normalized spacial score (nSPS) is 12.1. The van der Waals surface area contributed by atoms with Crippen LogP contribution in [0.25, 0.3) is 49.7 Å². The first kappa shape index (κ1) is 37.8. The highest BCUT2D eigenvalue weighted by Gasteiger charge is 2.45. The van der Waals surface area contributed by atoms with Gasteiger partial charge < -0.3 is 4.42 Å². The predicted octanol–water partition coefficient (Wildman–Crippen LogP) is 8.23. The molecule has 0 bridgehead atoms. The number of pyridine rings is 2. The number of benzene rings is 8. The van der Waals surface area contributed by atoms with Gasteiger partial charge in [0.05, 0.1) is 16.4 Å². The lowest BCUT2D eigenvalue weighted by Crippen LogP contribution is -2.75. The van der Waals surface area contributed by atoms with E-state index in [2.05, 4.69) is 253 Å². The van der Waals surface area contributed by atoms with Gasteiger partial charge in [0.2, 0.25) is 16.1 Å². The van der Waals surface area contributed by atoms with Crippen molar-refractivity contribution in [3.05, 3.63) is 249 Å². The zero-order valence-electron chi connectivity index (χ0n) is 34.9. The lowest BCUT2D eigenvalue weighted by molar-refractivity contribution is 0.663. The van der Waals surface area contributed by atoms with Gasteiger partial charge in [0.25, 0.3) is 0 Å². The first-order valence-corrected chi connectivity index (χ1v) is 25.8. The molecule has 0 saturated heterocycles. The molecule has 0 aliphatic rings. The molecule has 0 radical (unpaired) electrons. The molecule has 12 rings (SSSR count). The number of fused-ring (bicyclic) bond motifs is 6. The Hall–Kier alpha value is -7.91. The van der Waals surface area contributed by atoms with Crippen LogP contribution in [0.4, 0.5) is 0 Å². The van der Waals surface area contributed by atoms with Crippen LogP contribution < -0.4 is 41.8 Å². The van der Waals surface area contributed by atoms with Crippen molar-refractivity contribution in [3.63, 3.8) is 0 Å². The van der Waals surface area contributed by atoms with Gasteiger partial charge in [-0.15, -0.1) is 0 Å². The Bertz CT molecular complexity index is 3350. The first-order chi connectivity index (χ1) is 31.8. The van der Waals surface area contributed by atoms with Gasteiger partial charge in [0.15, 0.2) is 17.0 Å². The van der Waals surface area contributed by atoms with Gasteiger partial charge in [-0.1, -0.05) is 218 Å². The van der Waals surface area contributed by atoms with E-state index in [0.717, 1.165) is 54.7 Å². The molecule has 0 fully saturated rings. The Balaban J connectivity index is 1.26. The third kappa shape index (κ3) is 5.73. The van der Waals surface area contributed by atoms with Crippen LogP contribution >= 0.6 is 0 Å². The van der Waals surface area contributed by atoms with E-state index in [9.17, 15) is 0 Å². The maximum Gasteiger partial charge on any atom is 0.202 e. The topological polar surface area (TPSA) is 43.9 Å². The lowest BCUT2D eigenvalue weighted by atomic mass is 10.2. The van der Waals surface area contributed by atoms with E-state index in [0.29, 0.717) is 5.58 Å². The molecular formula is C58H41N3OSi2. The summed E-state index contributed by atoms with van der Waals surface area (Å²) >= 11 is 0. The third-order valence-corrected chi connectivity index (χ3v) is 22.3. The molecule has 6 heteroatoms. The van der Waals surface area contributed by atoms with Crippen LogP contribution in [-0.2, 0) is 0 Å². The van der Waals surface area contributed by atoms with Gasteiger partial charge in [0, 0.05) is 21.4 Å². The van der Waals surface area contributed by atoms with E-state index >= 15 is 0 Å².